The maximum Gasteiger partial charge on any atom is 0.460 e. The smallest absolute Gasteiger partial charge is 0.395 e. The van der Waals surface area contributed by atoms with Crippen LogP contribution in [-0.2, 0) is 16.6 Å². The molecule has 4 nitrogen and oxygen atoms in total. The molecule has 1 aromatic rings. The van der Waals surface area contributed by atoms with E-state index in [1.54, 1.807) is 0 Å². The normalized spacial score (nSPS) is 15.7. The van der Waals surface area contributed by atoms with E-state index in [9.17, 15) is 83.1 Å². The van der Waals surface area contributed by atoms with E-state index in [0.717, 1.165) is 24.3 Å². The minimum absolute atomic E-state index is 0.411. The molecule has 0 fully saturated rings. The number of sulfonamides is 1. The molecule has 0 bridgehead atoms. The Kier molecular flexibility index (Phi) is 9.02. The highest BCUT2D eigenvalue weighted by Crippen LogP contribution is 2.64. The van der Waals surface area contributed by atoms with Crippen LogP contribution in [0.25, 0.3) is 0 Å². The van der Waals surface area contributed by atoms with E-state index < -0.39 is 86.6 Å². The number of hydrogen-bond donors (Lipinski definition) is 1. The SMILES string of the molecule is O=S(=O)(N(CCO)Cc1ccccc1)C(F)(F)C(F)(F)C(F)(F)C(F)(F)C(F)(F)C(F)(F)C(F)(F)C(F)(F)F. The third kappa shape index (κ3) is 4.99. The molecule has 39 heavy (non-hydrogen) atoms. The van der Waals surface area contributed by atoms with Gasteiger partial charge in [-0.15, -0.1) is 0 Å². The van der Waals surface area contributed by atoms with E-state index in [-0.39, 0.29) is 0 Å². The van der Waals surface area contributed by atoms with Crippen molar-refractivity contribution in [1.82, 2.24) is 4.31 Å². The van der Waals surface area contributed by atoms with E-state index in [2.05, 4.69) is 0 Å². The summed E-state index contributed by atoms with van der Waals surface area (Å²) in [6.07, 6.45) is -7.90. The van der Waals surface area contributed by atoms with Crippen LogP contribution in [0, 0.1) is 0 Å². The third-order valence-electron chi connectivity index (χ3n) is 4.91. The molecule has 22 heteroatoms. The fourth-order valence-corrected chi connectivity index (χ4v) is 4.07. The number of benzene rings is 1. The first kappa shape index (κ1) is 34.9. The van der Waals surface area contributed by atoms with Crippen molar-refractivity contribution in [3.05, 3.63) is 35.9 Å². The van der Waals surface area contributed by atoms with Crippen molar-refractivity contribution >= 4 is 10.0 Å². The highest BCUT2D eigenvalue weighted by Gasteiger charge is 2.96. The zero-order chi connectivity index (χ0) is 31.3. The molecule has 0 saturated heterocycles. The maximum absolute atomic E-state index is 14.4. The summed E-state index contributed by atoms with van der Waals surface area (Å²) in [4.78, 5) is 0. The molecule has 0 aliphatic rings. The van der Waals surface area contributed by atoms with Gasteiger partial charge in [0.2, 0.25) is 0 Å². The Labute approximate surface area is 206 Å². The summed E-state index contributed by atoms with van der Waals surface area (Å²) in [5, 5.41) is 1.15. The summed E-state index contributed by atoms with van der Waals surface area (Å²) < 4.78 is 251. The molecule has 0 atom stereocenters. The molecule has 0 aliphatic carbocycles. The average molecular weight is 633 g/mol. The van der Waals surface area contributed by atoms with Crippen molar-refractivity contribution in [2.24, 2.45) is 0 Å². The predicted molar refractivity (Wildman–Crippen MR) is 93.5 cm³/mol. The summed E-state index contributed by atoms with van der Waals surface area (Å²) in [6, 6.07) is 5.14. The second-order valence-corrected chi connectivity index (χ2v) is 9.49. The van der Waals surface area contributed by atoms with Gasteiger partial charge in [0.25, 0.3) is 10.0 Å². The summed E-state index contributed by atoms with van der Waals surface area (Å²) in [6.45, 7) is -4.71. The molecule has 228 valence electrons. The number of nitrogens with zero attached hydrogens (tertiary/aromatic N) is 1. The Morgan fingerprint density at radius 2 is 0.949 bits per heavy atom. The second kappa shape index (κ2) is 10.1. The van der Waals surface area contributed by atoms with Gasteiger partial charge in [0, 0.05) is 13.1 Å². The van der Waals surface area contributed by atoms with E-state index in [4.69, 9.17) is 5.11 Å². The van der Waals surface area contributed by atoms with Crippen LogP contribution in [0.2, 0.25) is 0 Å². The quantitative estimate of drug-likeness (QED) is 0.298. The first-order valence-corrected chi connectivity index (χ1v) is 10.8. The summed E-state index contributed by atoms with van der Waals surface area (Å²) in [5.74, 6) is -52.0. The van der Waals surface area contributed by atoms with Gasteiger partial charge >= 0.3 is 47.0 Å². The molecule has 0 aliphatic heterocycles. The fourth-order valence-electron chi connectivity index (χ4n) is 2.66. The van der Waals surface area contributed by atoms with Gasteiger partial charge in [0.15, 0.2) is 0 Å². The Balaban J connectivity index is 3.75. The van der Waals surface area contributed by atoms with Gasteiger partial charge in [-0.1, -0.05) is 30.3 Å². The van der Waals surface area contributed by atoms with E-state index in [1.165, 1.54) is 6.07 Å². The minimum Gasteiger partial charge on any atom is -0.395 e. The van der Waals surface area contributed by atoms with Crippen LogP contribution in [0.15, 0.2) is 30.3 Å². The third-order valence-corrected chi connectivity index (χ3v) is 6.80. The van der Waals surface area contributed by atoms with Crippen LogP contribution in [0.5, 0.6) is 0 Å². The zero-order valence-electron chi connectivity index (χ0n) is 18.1. The molecular weight excluding hydrogens is 621 g/mol. The van der Waals surface area contributed by atoms with Gasteiger partial charge in [-0.25, -0.2) is 8.42 Å². The Morgan fingerprint density at radius 3 is 1.31 bits per heavy atom. The lowest BCUT2D eigenvalue weighted by molar-refractivity contribution is -0.458. The molecule has 0 heterocycles. The van der Waals surface area contributed by atoms with E-state index in [1.807, 2.05) is 0 Å². The molecule has 0 spiro atoms. The highest BCUT2D eigenvalue weighted by molar-refractivity contribution is 7.90. The molecule has 1 N–H and O–H groups in total. The largest absolute Gasteiger partial charge is 0.460 e. The first-order valence-electron chi connectivity index (χ1n) is 9.40. The van der Waals surface area contributed by atoms with Gasteiger partial charge in [-0.3, -0.25) is 0 Å². The molecule has 0 amide bonds. The number of hydrogen-bond acceptors (Lipinski definition) is 3. The molecule has 0 radical (unpaired) electrons. The summed E-state index contributed by atoms with van der Waals surface area (Å²) in [7, 11) is -7.48. The molecular formula is C17H12F17NO3S. The van der Waals surface area contributed by atoms with Crippen molar-refractivity contribution in [2.45, 2.75) is 53.5 Å². The molecule has 1 rings (SSSR count). The summed E-state index contributed by atoms with van der Waals surface area (Å²) >= 11 is 0. The van der Waals surface area contributed by atoms with Gasteiger partial charge in [0.1, 0.15) is 0 Å². The van der Waals surface area contributed by atoms with Crippen molar-refractivity contribution in [2.75, 3.05) is 13.2 Å². The van der Waals surface area contributed by atoms with Crippen molar-refractivity contribution in [3.63, 3.8) is 0 Å². The van der Waals surface area contributed by atoms with Crippen LogP contribution in [0.3, 0.4) is 0 Å². The predicted octanol–water partition coefficient (Wildman–Crippen LogP) is 5.78. The fraction of sp³-hybridized carbons (Fsp3) is 0.647. The first-order chi connectivity index (χ1) is 17.0. The van der Waals surface area contributed by atoms with Crippen LogP contribution >= 0.6 is 0 Å². The van der Waals surface area contributed by atoms with E-state index >= 15 is 0 Å². The van der Waals surface area contributed by atoms with Gasteiger partial charge in [-0.05, 0) is 5.56 Å². The maximum atomic E-state index is 14.4. The van der Waals surface area contributed by atoms with Gasteiger partial charge in [-0.2, -0.15) is 78.9 Å². The molecule has 1 aromatic carbocycles. The number of aliphatic hydroxyl groups is 1. The Morgan fingerprint density at radius 1 is 0.590 bits per heavy atom. The van der Waals surface area contributed by atoms with Crippen LogP contribution in [0.1, 0.15) is 5.56 Å². The Bertz CT molecular complexity index is 1100. The topological polar surface area (TPSA) is 57.6 Å². The van der Waals surface area contributed by atoms with Crippen molar-refractivity contribution in [3.8, 4) is 0 Å². The van der Waals surface area contributed by atoms with Crippen LogP contribution in [-0.4, -0.2) is 77.9 Å². The Hall–Kier alpha value is -2.10. The minimum atomic E-state index is -8.90. The second-order valence-electron chi connectivity index (χ2n) is 7.51. The van der Waals surface area contributed by atoms with Gasteiger partial charge < -0.3 is 5.11 Å². The average Bonchev–Trinajstić information content (AvgIpc) is 2.77. The van der Waals surface area contributed by atoms with E-state index in [0.29, 0.717) is 0 Å². The number of alkyl halides is 17. The molecule has 0 unspecified atom stereocenters. The lowest BCUT2D eigenvalue weighted by Crippen LogP contribution is -2.75. The van der Waals surface area contributed by atoms with Crippen molar-refractivity contribution in [1.29, 1.82) is 0 Å². The lowest BCUT2D eigenvalue weighted by Gasteiger charge is -2.43. The number of halogens is 17. The monoisotopic (exact) mass is 633 g/mol. The highest BCUT2D eigenvalue weighted by atomic mass is 32.2. The zero-order valence-corrected chi connectivity index (χ0v) is 18.9. The van der Waals surface area contributed by atoms with Crippen LogP contribution in [0.4, 0.5) is 74.6 Å². The number of rotatable bonds is 12. The standard InChI is InChI=1S/C17H12F17NO3S/c18-10(19,12(22,23)14(26,27)16(30,31)32)11(20,21)13(24,25)15(28,29)17(33,34)39(37,38)35(6-7-36)8-9-4-2-1-3-5-9/h1-5,36H,6-8H2. The van der Waals surface area contributed by atoms with Gasteiger partial charge in [0.05, 0.1) is 6.61 Å². The molecule has 0 saturated carbocycles. The van der Waals surface area contributed by atoms with Crippen LogP contribution < -0.4 is 0 Å². The van der Waals surface area contributed by atoms with Crippen molar-refractivity contribution < 1.29 is 88.2 Å². The number of aliphatic hydroxyl groups excluding tert-OH is 1. The summed E-state index contributed by atoms with van der Waals surface area (Å²) in [5.41, 5.74) is -0.411. The molecule has 0 aromatic heterocycles. The lowest BCUT2D eigenvalue weighted by atomic mass is 9.91.